The number of para-hydroxylation sites is 1. The van der Waals surface area contributed by atoms with E-state index in [1.54, 1.807) is 18.2 Å². The summed E-state index contributed by atoms with van der Waals surface area (Å²) in [5.41, 5.74) is 0.311. The first-order valence-corrected chi connectivity index (χ1v) is 8.74. The first kappa shape index (κ1) is 17.0. The van der Waals surface area contributed by atoms with Crippen LogP contribution in [0.2, 0.25) is 0 Å². The third-order valence-corrected chi connectivity index (χ3v) is 5.55. The van der Waals surface area contributed by atoms with Crippen LogP contribution in [0, 0.1) is 0 Å². The number of benzene rings is 1. The van der Waals surface area contributed by atoms with Crippen LogP contribution < -0.4 is 5.32 Å². The van der Waals surface area contributed by atoms with E-state index in [1.807, 2.05) is 26.8 Å². The molecule has 0 saturated carbocycles. The van der Waals surface area contributed by atoms with Crippen molar-refractivity contribution in [3.8, 4) is 0 Å². The van der Waals surface area contributed by atoms with Crippen molar-refractivity contribution in [2.75, 3.05) is 17.7 Å². The van der Waals surface area contributed by atoms with Gasteiger partial charge in [0.1, 0.15) is 0 Å². The summed E-state index contributed by atoms with van der Waals surface area (Å²) in [4.78, 5) is 0.347. The molecule has 1 aromatic carbocycles. The standard InChI is InChI=1S/C15H25NO3S/c1-4-12-20(18,19)14-9-7-6-8-13(14)16-15(3,5-2)10-11-17/h6-9,16-17H,4-5,10-12H2,1-3H3. The number of anilines is 1. The number of hydrogen-bond acceptors (Lipinski definition) is 4. The van der Waals surface area contributed by atoms with Gasteiger partial charge in [0.2, 0.25) is 0 Å². The van der Waals surface area contributed by atoms with Crippen molar-refractivity contribution in [1.82, 2.24) is 0 Å². The van der Waals surface area contributed by atoms with Crippen molar-refractivity contribution in [2.45, 2.75) is 50.5 Å². The average molecular weight is 299 g/mol. The van der Waals surface area contributed by atoms with Crippen LogP contribution in [0.5, 0.6) is 0 Å². The molecule has 0 aliphatic rings. The van der Waals surface area contributed by atoms with E-state index in [9.17, 15) is 8.42 Å². The lowest BCUT2D eigenvalue weighted by atomic mass is 9.94. The van der Waals surface area contributed by atoms with E-state index >= 15 is 0 Å². The predicted octanol–water partition coefficient (Wildman–Crippen LogP) is 2.83. The molecule has 114 valence electrons. The molecule has 0 bridgehead atoms. The normalized spacial score (nSPS) is 14.8. The summed E-state index contributed by atoms with van der Waals surface area (Å²) < 4.78 is 24.6. The molecule has 0 aromatic heterocycles. The molecule has 1 rings (SSSR count). The van der Waals surface area contributed by atoms with Gasteiger partial charge in [-0.25, -0.2) is 8.42 Å². The zero-order chi connectivity index (χ0) is 15.2. The first-order chi connectivity index (χ1) is 9.38. The SMILES string of the molecule is CCCS(=O)(=O)c1ccccc1NC(C)(CC)CCO. The Morgan fingerprint density at radius 3 is 2.45 bits per heavy atom. The van der Waals surface area contributed by atoms with E-state index in [4.69, 9.17) is 5.11 Å². The third-order valence-electron chi connectivity index (χ3n) is 3.58. The Bertz CT molecular complexity index is 528. The zero-order valence-corrected chi connectivity index (χ0v) is 13.3. The van der Waals surface area contributed by atoms with Gasteiger partial charge >= 0.3 is 0 Å². The Kier molecular flexibility index (Phi) is 6.02. The lowest BCUT2D eigenvalue weighted by molar-refractivity contribution is 0.252. The van der Waals surface area contributed by atoms with Gasteiger partial charge in [0.15, 0.2) is 9.84 Å². The Morgan fingerprint density at radius 1 is 1.25 bits per heavy atom. The van der Waals surface area contributed by atoms with Gasteiger partial charge in [0.05, 0.1) is 16.3 Å². The van der Waals surface area contributed by atoms with Gasteiger partial charge in [-0.05, 0) is 38.3 Å². The highest BCUT2D eigenvalue weighted by Crippen LogP contribution is 2.28. The van der Waals surface area contributed by atoms with E-state index in [1.165, 1.54) is 0 Å². The van der Waals surface area contributed by atoms with Crippen LogP contribution in [0.25, 0.3) is 0 Å². The predicted molar refractivity (Wildman–Crippen MR) is 82.8 cm³/mol. The molecule has 0 aliphatic heterocycles. The minimum atomic E-state index is -3.26. The number of rotatable bonds is 8. The van der Waals surface area contributed by atoms with E-state index in [0.29, 0.717) is 23.4 Å². The quantitative estimate of drug-likeness (QED) is 0.774. The summed E-state index contributed by atoms with van der Waals surface area (Å²) in [6.45, 7) is 5.94. The maximum absolute atomic E-state index is 12.3. The number of sulfone groups is 1. The van der Waals surface area contributed by atoms with Gasteiger partial charge in [-0.3, -0.25) is 0 Å². The fraction of sp³-hybridized carbons (Fsp3) is 0.600. The molecular formula is C15H25NO3S. The Labute approximate surface area is 122 Å². The molecule has 0 aliphatic carbocycles. The van der Waals surface area contributed by atoms with E-state index < -0.39 is 9.84 Å². The molecule has 2 N–H and O–H groups in total. The molecule has 0 saturated heterocycles. The van der Waals surface area contributed by atoms with Gasteiger partial charge in [-0.2, -0.15) is 0 Å². The first-order valence-electron chi connectivity index (χ1n) is 7.09. The van der Waals surface area contributed by atoms with E-state index in [0.717, 1.165) is 6.42 Å². The molecule has 5 heteroatoms. The van der Waals surface area contributed by atoms with Crippen molar-refractivity contribution in [3.63, 3.8) is 0 Å². The number of hydrogen-bond donors (Lipinski definition) is 2. The van der Waals surface area contributed by atoms with Crippen molar-refractivity contribution in [3.05, 3.63) is 24.3 Å². The fourth-order valence-electron chi connectivity index (χ4n) is 2.12. The van der Waals surface area contributed by atoms with Crippen LogP contribution in [-0.2, 0) is 9.84 Å². The van der Waals surface area contributed by atoms with Crippen LogP contribution in [0.1, 0.15) is 40.0 Å². The summed E-state index contributed by atoms with van der Waals surface area (Å²) in [5.74, 6) is 0.147. The number of nitrogens with one attached hydrogen (secondary N) is 1. The Morgan fingerprint density at radius 2 is 1.90 bits per heavy atom. The minimum absolute atomic E-state index is 0.0707. The smallest absolute Gasteiger partial charge is 0.180 e. The topological polar surface area (TPSA) is 66.4 Å². The van der Waals surface area contributed by atoms with Crippen LogP contribution in [0.3, 0.4) is 0 Å². The monoisotopic (exact) mass is 299 g/mol. The van der Waals surface area contributed by atoms with Gasteiger partial charge in [-0.1, -0.05) is 26.0 Å². The largest absolute Gasteiger partial charge is 0.396 e. The lowest BCUT2D eigenvalue weighted by Crippen LogP contribution is -2.35. The summed E-state index contributed by atoms with van der Waals surface area (Å²) in [6.07, 6.45) is 1.97. The fourth-order valence-corrected chi connectivity index (χ4v) is 3.62. The maximum Gasteiger partial charge on any atom is 0.180 e. The van der Waals surface area contributed by atoms with Crippen LogP contribution in [-0.4, -0.2) is 31.4 Å². The van der Waals surface area contributed by atoms with Gasteiger partial charge in [0.25, 0.3) is 0 Å². The highest BCUT2D eigenvalue weighted by atomic mass is 32.2. The average Bonchev–Trinajstić information content (AvgIpc) is 2.39. The van der Waals surface area contributed by atoms with Crippen molar-refractivity contribution < 1.29 is 13.5 Å². The van der Waals surface area contributed by atoms with Gasteiger partial charge < -0.3 is 10.4 Å². The third kappa shape index (κ3) is 4.21. The van der Waals surface area contributed by atoms with Crippen molar-refractivity contribution >= 4 is 15.5 Å². The number of aliphatic hydroxyl groups is 1. The van der Waals surface area contributed by atoms with Crippen molar-refractivity contribution in [1.29, 1.82) is 0 Å². The highest BCUT2D eigenvalue weighted by molar-refractivity contribution is 7.91. The molecule has 1 aromatic rings. The molecule has 4 nitrogen and oxygen atoms in total. The Balaban J connectivity index is 3.14. The van der Waals surface area contributed by atoms with Gasteiger partial charge in [0, 0.05) is 12.1 Å². The van der Waals surface area contributed by atoms with E-state index in [2.05, 4.69) is 5.32 Å². The molecule has 1 unspecified atom stereocenters. The summed E-state index contributed by atoms with van der Waals surface area (Å²) in [6, 6.07) is 6.99. The summed E-state index contributed by atoms with van der Waals surface area (Å²) in [5, 5.41) is 12.5. The van der Waals surface area contributed by atoms with E-state index in [-0.39, 0.29) is 17.9 Å². The summed E-state index contributed by atoms with van der Waals surface area (Å²) in [7, 11) is -3.26. The van der Waals surface area contributed by atoms with Crippen LogP contribution in [0.15, 0.2) is 29.2 Å². The zero-order valence-electron chi connectivity index (χ0n) is 12.5. The molecule has 0 radical (unpaired) electrons. The molecule has 0 amide bonds. The summed E-state index contributed by atoms with van der Waals surface area (Å²) >= 11 is 0. The highest BCUT2D eigenvalue weighted by Gasteiger charge is 2.25. The Hall–Kier alpha value is -1.07. The maximum atomic E-state index is 12.3. The van der Waals surface area contributed by atoms with Crippen LogP contribution in [0.4, 0.5) is 5.69 Å². The number of aliphatic hydroxyl groups excluding tert-OH is 1. The molecule has 0 fully saturated rings. The second kappa shape index (κ2) is 7.09. The lowest BCUT2D eigenvalue weighted by Gasteiger charge is -2.31. The molecular weight excluding hydrogens is 274 g/mol. The van der Waals surface area contributed by atoms with Crippen LogP contribution >= 0.6 is 0 Å². The molecule has 1 atom stereocenters. The molecule has 0 heterocycles. The molecule has 20 heavy (non-hydrogen) atoms. The second-order valence-electron chi connectivity index (χ2n) is 5.33. The molecule has 0 spiro atoms. The van der Waals surface area contributed by atoms with Crippen molar-refractivity contribution in [2.24, 2.45) is 0 Å². The second-order valence-corrected chi connectivity index (χ2v) is 7.41. The van der Waals surface area contributed by atoms with Gasteiger partial charge in [-0.15, -0.1) is 0 Å². The minimum Gasteiger partial charge on any atom is -0.396 e.